The summed E-state index contributed by atoms with van der Waals surface area (Å²) in [7, 11) is 4.13. The van der Waals surface area contributed by atoms with E-state index >= 15 is 0 Å². The highest BCUT2D eigenvalue weighted by molar-refractivity contribution is 5.91. The number of benzene rings is 3. The molecule has 2 heterocycles. The summed E-state index contributed by atoms with van der Waals surface area (Å²) < 4.78 is 0. The molecule has 0 radical (unpaired) electrons. The number of para-hydroxylation sites is 2. The van der Waals surface area contributed by atoms with Crippen LogP contribution >= 0.6 is 0 Å². The summed E-state index contributed by atoms with van der Waals surface area (Å²) in [5.41, 5.74) is 6.23. The van der Waals surface area contributed by atoms with Crippen LogP contribution in [0.1, 0.15) is 49.9 Å². The molecule has 1 aliphatic carbocycles. The molecule has 206 valence electrons. The van der Waals surface area contributed by atoms with Crippen molar-refractivity contribution in [3.63, 3.8) is 0 Å². The number of nitrogens with one attached hydrogen (secondary N) is 2. The zero-order valence-electron chi connectivity index (χ0n) is 23.9. The number of hydrogen-bond donors (Lipinski definition) is 2. The van der Waals surface area contributed by atoms with Gasteiger partial charge in [0.15, 0.2) is 0 Å². The molecule has 0 spiro atoms. The lowest BCUT2D eigenvalue weighted by molar-refractivity contribution is 0.277. The van der Waals surface area contributed by atoms with Gasteiger partial charge in [-0.2, -0.15) is 0 Å². The molecule has 2 aromatic heterocycles. The van der Waals surface area contributed by atoms with E-state index in [-0.39, 0.29) is 0 Å². The summed E-state index contributed by atoms with van der Waals surface area (Å²) in [4.78, 5) is 15.5. The Kier molecular flexibility index (Phi) is 8.10. The molecular formula is C35H41N5. The number of anilines is 1. The third kappa shape index (κ3) is 5.90. The Balaban J connectivity index is 0.990. The summed E-state index contributed by atoms with van der Waals surface area (Å²) in [6.45, 7) is 1.02. The van der Waals surface area contributed by atoms with Crippen LogP contribution in [0.15, 0.2) is 78.9 Å². The lowest BCUT2D eigenvalue weighted by atomic mass is 9.83. The molecule has 2 N–H and O–H groups in total. The molecule has 5 nitrogen and oxygen atoms in total. The molecule has 0 unspecified atom stereocenters. The van der Waals surface area contributed by atoms with Crippen molar-refractivity contribution in [2.45, 2.75) is 57.4 Å². The molecule has 6 rings (SSSR count). The standard InChI is InChI=1S/C35H41N5/c1-40(2)35-30-15-7-9-17-32(30)37-33(39-35)18-10-11-25-19-21-27(22-20-25)36-24-23-29-28-14-6-8-16-31(28)38-34(29)26-12-4-3-5-13-26/h3-9,12-17,25,27,36,38H,10-11,18-24H2,1-2H3. The summed E-state index contributed by atoms with van der Waals surface area (Å²) in [6, 6.07) is 28.4. The van der Waals surface area contributed by atoms with Crippen molar-refractivity contribution in [1.82, 2.24) is 20.3 Å². The first-order valence-corrected chi connectivity index (χ1v) is 15.0. The fourth-order valence-electron chi connectivity index (χ4n) is 6.48. The van der Waals surface area contributed by atoms with Gasteiger partial charge in [-0.15, -0.1) is 0 Å². The highest BCUT2D eigenvalue weighted by Crippen LogP contribution is 2.32. The second kappa shape index (κ2) is 12.2. The zero-order valence-corrected chi connectivity index (χ0v) is 23.9. The first-order valence-electron chi connectivity index (χ1n) is 15.0. The van der Waals surface area contributed by atoms with E-state index in [4.69, 9.17) is 9.97 Å². The predicted molar refractivity (Wildman–Crippen MR) is 168 cm³/mol. The van der Waals surface area contributed by atoms with Gasteiger partial charge in [-0.05, 0) is 80.3 Å². The fourth-order valence-corrected chi connectivity index (χ4v) is 6.48. The third-order valence-corrected chi connectivity index (χ3v) is 8.60. The quantitative estimate of drug-likeness (QED) is 0.195. The van der Waals surface area contributed by atoms with Gasteiger partial charge in [0.25, 0.3) is 0 Å². The summed E-state index contributed by atoms with van der Waals surface area (Å²) in [5.74, 6) is 2.82. The average Bonchev–Trinajstić information content (AvgIpc) is 3.36. The van der Waals surface area contributed by atoms with Crippen LogP contribution in [0.3, 0.4) is 0 Å². The van der Waals surface area contributed by atoms with Crippen molar-refractivity contribution in [3.8, 4) is 11.3 Å². The van der Waals surface area contributed by atoms with Crippen LogP contribution in [0.5, 0.6) is 0 Å². The lowest BCUT2D eigenvalue weighted by Crippen LogP contribution is -2.34. The molecule has 1 fully saturated rings. The van der Waals surface area contributed by atoms with Gasteiger partial charge in [0.1, 0.15) is 11.6 Å². The number of fused-ring (bicyclic) bond motifs is 2. The van der Waals surface area contributed by atoms with E-state index in [0.717, 1.165) is 54.3 Å². The maximum absolute atomic E-state index is 4.90. The number of nitrogens with zero attached hydrogens (tertiary/aromatic N) is 3. The largest absolute Gasteiger partial charge is 0.362 e. The fraction of sp³-hybridized carbons (Fsp3) is 0.371. The van der Waals surface area contributed by atoms with Crippen LogP contribution in [0.2, 0.25) is 0 Å². The minimum atomic E-state index is 0.633. The normalized spacial score (nSPS) is 17.4. The van der Waals surface area contributed by atoms with Gasteiger partial charge in [-0.25, -0.2) is 9.97 Å². The molecule has 5 heteroatoms. The maximum Gasteiger partial charge on any atom is 0.139 e. The van der Waals surface area contributed by atoms with Gasteiger partial charge in [-0.1, -0.05) is 67.1 Å². The Morgan fingerprint density at radius 3 is 2.33 bits per heavy atom. The van der Waals surface area contributed by atoms with E-state index in [0.29, 0.717) is 6.04 Å². The van der Waals surface area contributed by atoms with E-state index in [1.54, 1.807) is 0 Å². The molecule has 3 aromatic carbocycles. The molecule has 0 aliphatic heterocycles. The van der Waals surface area contributed by atoms with E-state index in [2.05, 4.69) is 108 Å². The van der Waals surface area contributed by atoms with Crippen molar-refractivity contribution >= 4 is 27.6 Å². The van der Waals surface area contributed by atoms with Crippen LogP contribution in [0.25, 0.3) is 33.1 Å². The molecule has 5 aromatic rings. The number of hydrogen-bond acceptors (Lipinski definition) is 4. The Morgan fingerprint density at radius 2 is 1.52 bits per heavy atom. The SMILES string of the molecule is CN(C)c1nc(CCCC2CCC(NCCc3c(-c4ccccc4)[nH]c4ccccc34)CC2)nc2ccccc12. The average molecular weight is 532 g/mol. The van der Waals surface area contributed by atoms with Gasteiger partial charge in [0, 0.05) is 48.5 Å². The van der Waals surface area contributed by atoms with Crippen molar-refractivity contribution in [3.05, 3.63) is 90.3 Å². The number of aromatic amines is 1. The number of rotatable bonds is 10. The second-order valence-corrected chi connectivity index (χ2v) is 11.6. The zero-order chi connectivity index (χ0) is 27.3. The minimum Gasteiger partial charge on any atom is -0.362 e. The second-order valence-electron chi connectivity index (χ2n) is 11.6. The molecule has 0 saturated heterocycles. The van der Waals surface area contributed by atoms with E-state index in [9.17, 15) is 0 Å². The van der Waals surface area contributed by atoms with Crippen molar-refractivity contribution < 1.29 is 0 Å². The first-order chi connectivity index (χ1) is 19.7. The Hall–Kier alpha value is -3.70. The molecule has 1 saturated carbocycles. The summed E-state index contributed by atoms with van der Waals surface area (Å²) >= 11 is 0. The predicted octanol–water partition coefficient (Wildman–Crippen LogP) is 7.56. The van der Waals surface area contributed by atoms with Crippen LogP contribution in [-0.2, 0) is 12.8 Å². The molecule has 0 bridgehead atoms. The lowest BCUT2D eigenvalue weighted by Gasteiger charge is -2.29. The van der Waals surface area contributed by atoms with E-state index < -0.39 is 0 Å². The monoisotopic (exact) mass is 531 g/mol. The van der Waals surface area contributed by atoms with Crippen molar-refractivity contribution in [1.29, 1.82) is 0 Å². The summed E-state index contributed by atoms with van der Waals surface area (Å²) in [5, 5.41) is 6.38. The molecule has 0 atom stereocenters. The first kappa shape index (κ1) is 26.5. The van der Waals surface area contributed by atoms with E-state index in [1.165, 1.54) is 59.8 Å². The highest BCUT2D eigenvalue weighted by atomic mass is 15.1. The van der Waals surface area contributed by atoms with E-state index in [1.807, 2.05) is 0 Å². The number of aryl methyl sites for hydroxylation is 1. The minimum absolute atomic E-state index is 0.633. The van der Waals surface area contributed by atoms with Gasteiger partial charge in [-0.3, -0.25) is 0 Å². The third-order valence-electron chi connectivity index (χ3n) is 8.60. The van der Waals surface area contributed by atoms with Gasteiger partial charge in [0.05, 0.1) is 5.52 Å². The van der Waals surface area contributed by atoms with Crippen LogP contribution in [-0.4, -0.2) is 41.6 Å². The molecule has 1 aliphatic rings. The maximum atomic E-state index is 4.90. The highest BCUT2D eigenvalue weighted by Gasteiger charge is 2.21. The van der Waals surface area contributed by atoms with Crippen LogP contribution in [0, 0.1) is 5.92 Å². The van der Waals surface area contributed by atoms with Crippen molar-refractivity contribution in [2.75, 3.05) is 25.5 Å². The molecular weight excluding hydrogens is 490 g/mol. The Bertz CT molecular complexity index is 1550. The van der Waals surface area contributed by atoms with Crippen LogP contribution in [0.4, 0.5) is 5.82 Å². The Labute approximate surface area is 238 Å². The molecule has 0 amide bonds. The molecule has 40 heavy (non-hydrogen) atoms. The van der Waals surface area contributed by atoms with Gasteiger partial charge >= 0.3 is 0 Å². The van der Waals surface area contributed by atoms with Gasteiger partial charge in [0.2, 0.25) is 0 Å². The van der Waals surface area contributed by atoms with Gasteiger partial charge < -0.3 is 15.2 Å². The van der Waals surface area contributed by atoms with Crippen molar-refractivity contribution in [2.24, 2.45) is 5.92 Å². The van der Waals surface area contributed by atoms with Crippen LogP contribution < -0.4 is 10.2 Å². The number of H-pyrrole nitrogens is 1. The summed E-state index contributed by atoms with van der Waals surface area (Å²) in [6.07, 6.45) is 9.63. The number of aromatic nitrogens is 3. The Morgan fingerprint density at radius 1 is 0.800 bits per heavy atom. The topological polar surface area (TPSA) is 56.8 Å². The smallest absolute Gasteiger partial charge is 0.139 e.